The first-order chi connectivity index (χ1) is 19.3. The largest absolute Gasteiger partial charge is 0.477 e. The highest BCUT2D eigenvalue weighted by atomic mass is 16.5. The van der Waals surface area contributed by atoms with Crippen molar-refractivity contribution in [3.05, 3.63) is 47.8 Å². The first-order valence-corrected chi connectivity index (χ1v) is 13.7. The lowest BCUT2D eigenvalue weighted by Crippen LogP contribution is -2.21. The molecule has 2 aliphatic rings. The topological polar surface area (TPSA) is 119 Å². The van der Waals surface area contributed by atoms with E-state index in [1.165, 1.54) is 0 Å². The predicted molar refractivity (Wildman–Crippen MR) is 153 cm³/mol. The SMILES string of the molecule is Cc1cc2cc(n1)-c1cnn(C)c1OCCC(C1CC1)n1c(nc3ccc(NC(=O)CCN(C)C)cc31)NC2=O. The summed E-state index contributed by atoms with van der Waals surface area (Å²) in [6, 6.07) is 9.28. The van der Waals surface area contributed by atoms with E-state index in [9.17, 15) is 9.59 Å². The molecule has 11 heteroatoms. The number of rotatable bonds is 5. The summed E-state index contributed by atoms with van der Waals surface area (Å²) < 4.78 is 10.2. The van der Waals surface area contributed by atoms with Crippen LogP contribution in [0.5, 0.6) is 5.88 Å². The van der Waals surface area contributed by atoms with Crippen molar-refractivity contribution < 1.29 is 14.3 Å². The van der Waals surface area contributed by atoms with Gasteiger partial charge in [0.2, 0.25) is 17.7 Å². The molecule has 40 heavy (non-hydrogen) atoms. The summed E-state index contributed by atoms with van der Waals surface area (Å²) in [6.45, 7) is 2.99. The number of fused-ring (bicyclic) bond motifs is 7. The zero-order valence-electron chi connectivity index (χ0n) is 23.3. The van der Waals surface area contributed by atoms with Crippen LogP contribution in [0.25, 0.3) is 22.3 Å². The molecule has 1 saturated carbocycles. The molecule has 2 N–H and O–H groups in total. The number of anilines is 2. The molecule has 4 aromatic rings. The smallest absolute Gasteiger partial charge is 0.258 e. The average molecular weight is 543 g/mol. The number of nitrogens with zero attached hydrogens (tertiary/aromatic N) is 6. The van der Waals surface area contributed by atoms with E-state index in [0.717, 1.165) is 29.4 Å². The predicted octanol–water partition coefficient (Wildman–Crippen LogP) is 4.02. The number of aryl methyl sites for hydroxylation is 2. The minimum Gasteiger partial charge on any atom is -0.477 e. The molecule has 1 atom stereocenters. The summed E-state index contributed by atoms with van der Waals surface area (Å²) >= 11 is 0. The molecule has 0 saturated heterocycles. The Morgan fingerprint density at radius 3 is 2.77 bits per heavy atom. The normalized spacial score (nSPS) is 17.2. The van der Waals surface area contributed by atoms with E-state index >= 15 is 0 Å². The van der Waals surface area contributed by atoms with Gasteiger partial charge in [-0.25, -0.2) is 9.67 Å². The Hall–Kier alpha value is -4.25. The van der Waals surface area contributed by atoms with Gasteiger partial charge in [-0.2, -0.15) is 5.10 Å². The lowest BCUT2D eigenvalue weighted by Gasteiger charge is -2.22. The second-order valence-electron chi connectivity index (χ2n) is 11.0. The summed E-state index contributed by atoms with van der Waals surface area (Å²) in [4.78, 5) is 37.7. The molecule has 1 fully saturated rings. The number of imidazole rings is 1. The Morgan fingerprint density at radius 1 is 1.18 bits per heavy atom. The molecule has 2 bridgehead atoms. The van der Waals surface area contributed by atoms with Crippen molar-refractivity contribution in [2.45, 2.75) is 38.6 Å². The van der Waals surface area contributed by atoms with E-state index in [1.807, 2.05) is 51.2 Å². The highest BCUT2D eigenvalue weighted by molar-refractivity contribution is 6.05. The van der Waals surface area contributed by atoms with E-state index in [0.29, 0.717) is 66.4 Å². The Balaban J connectivity index is 1.43. The summed E-state index contributed by atoms with van der Waals surface area (Å²) in [5.74, 6) is 1.24. The van der Waals surface area contributed by atoms with Gasteiger partial charge in [0.15, 0.2) is 0 Å². The summed E-state index contributed by atoms with van der Waals surface area (Å²) in [5, 5.41) is 10.5. The van der Waals surface area contributed by atoms with Crippen LogP contribution >= 0.6 is 0 Å². The van der Waals surface area contributed by atoms with E-state index in [1.54, 1.807) is 23.0 Å². The van der Waals surface area contributed by atoms with Crippen molar-refractivity contribution in [3.8, 4) is 17.1 Å². The monoisotopic (exact) mass is 542 g/mol. The van der Waals surface area contributed by atoms with Crippen LogP contribution in [0.3, 0.4) is 0 Å². The molecular weight excluding hydrogens is 508 g/mol. The Bertz CT molecular complexity index is 1600. The van der Waals surface area contributed by atoms with Crippen molar-refractivity contribution in [1.82, 2.24) is 29.2 Å². The highest BCUT2D eigenvalue weighted by Gasteiger charge is 2.35. The molecule has 1 unspecified atom stereocenters. The van der Waals surface area contributed by atoms with Crippen LogP contribution in [-0.4, -0.2) is 68.3 Å². The molecule has 4 heterocycles. The van der Waals surface area contributed by atoms with E-state index in [-0.39, 0.29) is 17.9 Å². The Morgan fingerprint density at radius 2 is 2.00 bits per heavy atom. The van der Waals surface area contributed by atoms with E-state index in [2.05, 4.69) is 25.3 Å². The average Bonchev–Trinajstić information content (AvgIpc) is 3.60. The van der Waals surface area contributed by atoms with Crippen molar-refractivity contribution in [2.75, 3.05) is 37.9 Å². The quantitative estimate of drug-likeness (QED) is 0.391. The van der Waals surface area contributed by atoms with Crippen molar-refractivity contribution >= 4 is 34.5 Å². The second-order valence-corrected chi connectivity index (χ2v) is 11.0. The minimum absolute atomic E-state index is 0.0472. The first-order valence-electron chi connectivity index (χ1n) is 13.7. The molecule has 208 valence electrons. The van der Waals surface area contributed by atoms with Crippen molar-refractivity contribution in [3.63, 3.8) is 0 Å². The standard InChI is InChI=1S/C29H34N8O3/c1-17-13-19-14-23(31-17)21-16-30-36(4)28(21)40-12-10-24(18-5-6-18)37-25-15-20(32-26(38)9-11-35(2)3)7-8-22(25)33-29(37)34-27(19)39/h7-8,13-16,18,24H,5-6,9-12H2,1-4H3,(H,32,38)(H,33,34,39). The van der Waals surface area contributed by atoms with Gasteiger partial charge < -0.3 is 19.5 Å². The number of nitrogens with one attached hydrogen (secondary N) is 2. The van der Waals surface area contributed by atoms with Gasteiger partial charge in [-0.3, -0.25) is 19.9 Å². The number of carbonyl (C=O) groups is 2. The van der Waals surface area contributed by atoms with Gasteiger partial charge in [0.25, 0.3) is 5.91 Å². The second kappa shape index (κ2) is 10.4. The summed E-state index contributed by atoms with van der Waals surface area (Å²) in [5.41, 5.74) is 4.89. The lowest BCUT2D eigenvalue weighted by atomic mass is 10.1. The van der Waals surface area contributed by atoms with Gasteiger partial charge in [0.05, 0.1) is 35.1 Å². The number of hydrogen-bond acceptors (Lipinski definition) is 7. The van der Waals surface area contributed by atoms with Gasteiger partial charge in [-0.15, -0.1) is 0 Å². The van der Waals surface area contributed by atoms with Crippen LogP contribution in [0.4, 0.5) is 11.6 Å². The third-order valence-electron chi connectivity index (χ3n) is 7.51. The fourth-order valence-electron chi connectivity index (χ4n) is 5.36. The third-order valence-corrected chi connectivity index (χ3v) is 7.51. The fourth-order valence-corrected chi connectivity index (χ4v) is 5.36. The highest BCUT2D eigenvalue weighted by Crippen LogP contribution is 2.45. The maximum Gasteiger partial charge on any atom is 0.258 e. The molecule has 6 rings (SSSR count). The fraction of sp³-hybridized carbons (Fsp3) is 0.414. The van der Waals surface area contributed by atoms with Gasteiger partial charge in [0, 0.05) is 49.4 Å². The maximum atomic E-state index is 13.6. The number of ether oxygens (including phenoxy) is 1. The molecule has 1 aliphatic heterocycles. The molecule has 3 aromatic heterocycles. The van der Waals surface area contributed by atoms with Gasteiger partial charge in [-0.05, 0) is 70.1 Å². The minimum atomic E-state index is -0.263. The lowest BCUT2D eigenvalue weighted by molar-refractivity contribution is -0.116. The number of aromatic nitrogens is 5. The van der Waals surface area contributed by atoms with Gasteiger partial charge in [-0.1, -0.05) is 0 Å². The van der Waals surface area contributed by atoms with Crippen LogP contribution in [0.1, 0.15) is 47.8 Å². The van der Waals surface area contributed by atoms with Crippen molar-refractivity contribution in [1.29, 1.82) is 0 Å². The molecule has 2 amide bonds. The van der Waals surface area contributed by atoms with E-state index in [4.69, 9.17) is 9.72 Å². The van der Waals surface area contributed by atoms with Crippen molar-refractivity contribution in [2.24, 2.45) is 13.0 Å². The zero-order chi connectivity index (χ0) is 28.0. The Labute approximate surface area is 232 Å². The first kappa shape index (κ1) is 26.0. The van der Waals surface area contributed by atoms with Gasteiger partial charge in [0.1, 0.15) is 0 Å². The van der Waals surface area contributed by atoms with E-state index < -0.39 is 0 Å². The number of carbonyl (C=O) groups excluding carboxylic acids is 2. The third kappa shape index (κ3) is 5.16. The zero-order valence-corrected chi connectivity index (χ0v) is 23.3. The molecule has 0 spiro atoms. The summed E-state index contributed by atoms with van der Waals surface area (Å²) in [6.07, 6.45) is 5.03. The van der Waals surface area contributed by atoms with Crippen LogP contribution < -0.4 is 15.4 Å². The van der Waals surface area contributed by atoms with Crippen LogP contribution in [0.2, 0.25) is 0 Å². The Kier molecular flexibility index (Phi) is 6.75. The number of pyridine rings is 1. The van der Waals surface area contributed by atoms with Gasteiger partial charge >= 0.3 is 0 Å². The maximum absolute atomic E-state index is 13.6. The van der Waals surface area contributed by atoms with Crippen LogP contribution in [0, 0.1) is 12.8 Å². The number of hydrogen-bond donors (Lipinski definition) is 2. The molecule has 0 radical (unpaired) electrons. The molecule has 1 aromatic carbocycles. The molecule has 1 aliphatic carbocycles. The summed E-state index contributed by atoms with van der Waals surface area (Å²) in [7, 11) is 5.73. The number of benzene rings is 1. The molecular formula is C29H34N8O3. The van der Waals surface area contributed by atoms with Crippen LogP contribution in [-0.2, 0) is 11.8 Å². The molecule has 11 nitrogen and oxygen atoms in total. The van der Waals surface area contributed by atoms with Crippen LogP contribution in [0.15, 0.2) is 36.5 Å². The number of amides is 2.